The second-order valence-electron chi connectivity index (χ2n) is 4.66. The lowest BCUT2D eigenvalue weighted by atomic mass is 9.95. The number of carbonyl (C=O) groups is 1. The van der Waals surface area contributed by atoms with Crippen molar-refractivity contribution in [3.63, 3.8) is 0 Å². The smallest absolute Gasteiger partial charge is 0.404 e. The number of nitrogens with two attached hydrogens (primary N) is 1. The van der Waals surface area contributed by atoms with Gasteiger partial charge in [0.1, 0.15) is 19.0 Å². The highest BCUT2D eigenvalue weighted by Gasteiger charge is 2.31. The monoisotopic (exact) mass is 301 g/mol. The highest BCUT2D eigenvalue weighted by Crippen LogP contribution is 2.32. The molecule has 0 aliphatic carbocycles. The van der Waals surface area contributed by atoms with Gasteiger partial charge in [-0.05, 0) is 12.0 Å². The molecule has 1 rings (SSSR count). The fourth-order valence-electron chi connectivity index (χ4n) is 1.89. The van der Waals surface area contributed by atoms with Crippen LogP contribution in [0.3, 0.4) is 0 Å². The van der Waals surface area contributed by atoms with E-state index in [1.54, 1.807) is 6.07 Å². The van der Waals surface area contributed by atoms with Gasteiger partial charge in [0.25, 0.3) is 0 Å². The molecule has 5 nitrogen and oxygen atoms in total. The van der Waals surface area contributed by atoms with Crippen LogP contribution in [0.25, 0.3) is 0 Å². The molecule has 0 saturated heterocycles. The van der Waals surface area contributed by atoms with Crippen LogP contribution >= 0.6 is 11.6 Å². The Morgan fingerprint density at radius 3 is 2.50 bits per heavy atom. The van der Waals surface area contributed by atoms with Crippen LogP contribution in [0.4, 0.5) is 4.79 Å². The minimum atomic E-state index is -0.846. The first kappa shape index (κ1) is 16.8. The number of halogens is 1. The van der Waals surface area contributed by atoms with Crippen LogP contribution in [-0.2, 0) is 14.2 Å². The zero-order valence-electron chi connectivity index (χ0n) is 11.8. The largest absolute Gasteiger partial charge is 0.443 e. The molecule has 6 heteroatoms. The number of amides is 1. The molecule has 0 spiro atoms. The number of methoxy groups -OCH3 is 1. The van der Waals surface area contributed by atoms with E-state index in [4.69, 9.17) is 31.5 Å². The van der Waals surface area contributed by atoms with Crippen molar-refractivity contribution in [2.24, 2.45) is 11.7 Å². The van der Waals surface area contributed by atoms with Crippen molar-refractivity contribution < 1.29 is 19.0 Å². The van der Waals surface area contributed by atoms with Gasteiger partial charge in [-0.15, -0.1) is 0 Å². The number of carbonyl (C=O) groups excluding carboxylic acids is 1. The van der Waals surface area contributed by atoms with Crippen molar-refractivity contribution >= 4 is 17.7 Å². The summed E-state index contributed by atoms with van der Waals surface area (Å²) < 4.78 is 15.8. The van der Waals surface area contributed by atoms with Crippen LogP contribution in [0.1, 0.15) is 25.5 Å². The zero-order chi connectivity index (χ0) is 15.1. The first-order valence-electron chi connectivity index (χ1n) is 6.28. The summed E-state index contributed by atoms with van der Waals surface area (Å²) in [6, 6.07) is 7.23. The lowest BCUT2D eigenvalue weighted by molar-refractivity contribution is -0.124. The lowest BCUT2D eigenvalue weighted by Gasteiger charge is -2.30. The third-order valence-corrected chi connectivity index (χ3v) is 3.13. The summed E-state index contributed by atoms with van der Waals surface area (Å²) in [4.78, 5) is 11.1. The van der Waals surface area contributed by atoms with Gasteiger partial charge in [0.2, 0.25) is 0 Å². The predicted octanol–water partition coefficient (Wildman–Crippen LogP) is 3.12. The van der Waals surface area contributed by atoms with Crippen molar-refractivity contribution in [2.45, 2.75) is 26.1 Å². The average Bonchev–Trinajstić information content (AvgIpc) is 2.39. The van der Waals surface area contributed by atoms with Gasteiger partial charge in [-0.1, -0.05) is 43.6 Å². The van der Waals surface area contributed by atoms with E-state index in [1.165, 1.54) is 7.11 Å². The third kappa shape index (κ3) is 4.67. The lowest BCUT2D eigenvalue weighted by Crippen LogP contribution is -2.34. The van der Waals surface area contributed by atoms with Gasteiger partial charge in [-0.25, -0.2) is 4.79 Å². The highest BCUT2D eigenvalue weighted by molar-refractivity contribution is 6.31. The van der Waals surface area contributed by atoms with Gasteiger partial charge in [-0.2, -0.15) is 0 Å². The minimum absolute atomic E-state index is 0.000582. The second kappa shape index (κ2) is 8.09. The van der Waals surface area contributed by atoms with Crippen molar-refractivity contribution in [3.05, 3.63) is 34.9 Å². The Bertz CT molecular complexity index is 439. The fourth-order valence-corrected chi connectivity index (χ4v) is 2.13. The summed E-state index contributed by atoms with van der Waals surface area (Å²) in [6.45, 7) is 3.88. The number of hydrogen-bond acceptors (Lipinski definition) is 4. The van der Waals surface area contributed by atoms with Crippen LogP contribution in [0.15, 0.2) is 24.3 Å². The maximum Gasteiger partial charge on any atom is 0.404 e. The van der Waals surface area contributed by atoms with Gasteiger partial charge in [0.05, 0.1) is 0 Å². The Balaban J connectivity index is 3.08. The van der Waals surface area contributed by atoms with Crippen LogP contribution < -0.4 is 5.73 Å². The molecule has 0 heterocycles. The zero-order valence-corrected chi connectivity index (χ0v) is 12.6. The maximum absolute atomic E-state index is 11.1. The van der Waals surface area contributed by atoms with Gasteiger partial charge in [0.15, 0.2) is 0 Å². The first-order valence-corrected chi connectivity index (χ1v) is 6.66. The molecule has 112 valence electrons. The maximum atomic E-state index is 11.1. The van der Waals surface area contributed by atoms with Gasteiger partial charge in [0, 0.05) is 17.7 Å². The molecule has 2 atom stereocenters. The number of rotatable bonds is 7. The second-order valence-corrected chi connectivity index (χ2v) is 5.07. The summed E-state index contributed by atoms with van der Waals surface area (Å²) in [5.74, 6) is 0.000582. The van der Waals surface area contributed by atoms with E-state index in [0.29, 0.717) is 5.02 Å². The molecule has 2 N–H and O–H groups in total. The van der Waals surface area contributed by atoms with Gasteiger partial charge in [-0.3, -0.25) is 0 Å². The normalized spacial score (nSPS) is 14.1. The molecule has 20 heavy (non-hydrogen) atoms. The summed E-state index contributed by atoms with van der Waals surface area (Å²) in [5.41, 5.74) is 5.86. The molecule has 0 aliphatic heterocycles. The first-order chi connectivity index (χ1) is 9.47. The molecule has 0 aromatic heterocycles. The molecular weight excluding hydrogens is 282 g/mol. The molecule has 1 aromatic rings. The predicted molar refractivity (Wildman–Crippen MR) is 76.4 cm³/mol. The van der Waals surface area contributed by atoms with E-state index in [0.717, 1.165) is 5.56 Å². The van der Waals surface area contributed by atoms with Crippen molar-refractivity contribution in [1.82, 2.24) is 0 Å². The van der Waals surface area contributed by atoms with Crippen LogP contribution in [0.5, 0.6) is 0 Å². The number of primary amides is 1. The fraction of sp³-hybridized carbons (Fsp3) is 0.500. The Kier molecular flexibility index (Phi) is 6.78. The van der Waals surface area contributed by atoms with Crippen molar-refractivity contribution in [3.8, 4) is 0 Å². The van der Waals surface area contributed by atoms with Gasteiger partial charge < -0.3 is 19.9 Å². The van der Waals surface area contributed by atoms with E-state index in [-0.39, 0.29) is 12.7 Å². The number of hydrogen-bond donors (Lipinski definition) is 1. The molecule has 0 bridgehead atoms. The topological polar surface area (TPSA) is 70.8 Å². The molecule has 1 amide bonds. The van der Waals surface area contributed by atoms with Crippen molar-refractivity contribution in [1.29, 1.82) is 0 Å². The Morgan fingerprint density at radius 1 is 1.35 bits per heavy atom. The SMILES string of the molecule is COCOC(c1ccccc1Cl)C(OC(N)=O)C(C)C. The molecule has 2 unspecified atom stereocenters. The molecular formula is C14H20ClNO4. The molecule has 0 saturated carbocycles. The van der Waals surface area contributed by atoms with Crippen LogP contribution in [0, 0.1) is 5.92 Å². The van der Waals surface area contributed by atoms with Gasteiger partial charge >= 0.3 is 6.09 Å². The average molecular weight is 302 g/mol. The Hall–Kier alpha value is -1.30. The number of benzene rings is 1. The van der Waals surface area contributed by atoms with E-state index >= 15 is 0 Å². The third-order valence-electron chi connectivity index (χ3n) is 2.78. The summed E-state index contributed by atoms with van der Waals surface area (Å²) in [5, 5.41) is 0.535. The Labute approximate surface area is 123 Å². The summed E-state index contributed by atoms with van der Waals surface area (Å²) in [6.07, 6.45) is -1.94. The molecule has 0 aliphatic rings. The van der Waals surface area contributed by atoms with E-state index < -0.39 is 18.3 Å². The quantitative estimate of drug-likeness (QED) is 0.785. The van der Waals surface area contributed by atoms with Crippen molar-refractivity contribution in [2.75, 3.05) is 13.9 Å². The number of ether oxygens (including phenoxy) is 3. The summed E-state index contributed by atoms with van der Waals surface area (Å²) >= 11 is 6.19. The van der Waals surface area contributed by atoms with Crippen LogP contribution in [0.2, 0.25) is 5.02 Å². The van der Waals surface area contributed by atoms with Crippen LogP contribution in [-0.4, -0.2) is 26.1 Å². The molecule has 1 aromatic carbocycles. The highest BCUT2D eigenvalue weighted by atomic mass is 35.5. The standard InChI is InChI=1S/C14H20ClNO4/c1-9(2)12(20-14(16)17)13(19-8-18-3)10-6-4-5-7-11(10)15/h4-7,9,12-13H,8H2,1-3H3,(H2,16,17). The molecule has 0 radical (unpaired) electrons. The summed E-state index contributed by atoms with van der Waals surface area (Å²) in [7, 11) is 1.52. The van der Waals surface area contributed by atoms with E-state index in [2.05, 4.69) is 0 Å². The minimum Gasteiger partial charge on any atom is -0.443 e. The van der Waals surface area contributed by atoms with E-state index in [1.807, 2.05) is 32.0 Å². The molecule has 0 fully saturated rings. The van der Waals surface area contributed by atoms with E-state index in [9.17, 15) is 4.79 Å². The Morgan fingerprint density at radius 2 is 2.00 bits per heavy atom.